The number of hydrogen-bond acceptors (Lipinski definition) is 3. The first-order valence-corrected chi connectivity index (χ1v) is 9.38. The Bertz CT molecular complexity index is 539. The van der Waals surface area contributed by atoms with Crippen LogP contribution in [0.5, 0.6) is 0 Å². The molecule has 0 aliphatic heterocycles. The topological polar surface area (TPSA) is 66.4 Å². The monoisotopic (exact) mass is 311 g/mol. The second kappa shape index (κ2) is 7.38. The molecule has 1 fully saturated rings. The highest BCUT2D eigenvalue weighted by Gasteiger charge is 2.27. The lowest BCUT2D eigenvalue weighted by Gasteiger charge is -2.31. The van der Waals surface area contributed by atoms with Crippen molar-refractivity contribution in [2.75, 3.05) is 0 Å². The van der Waals surface area contributed by atoms with Crippen LogP contribution in [-0.4, -0.2) is 19.6 Å². The average molecular weight is 311 g/mol. The van der Waals surface area contributed by atoms with Crippen molar-refractivity contribution in [3.8, 4) is 0 Å². The molecule has 0 bridgehead atoms. The van der Waals surface area contributed by atoms with Gasteiger partial charge in [0, 0.05) is 6.04 Å². The van der Waals surface area contributed by atoms with Crippen LogP contribution in [0.3, 0.4) is 0 Å². The van der Waals surface area contributed by atoms with Crippen LogP contribution in [0.25, 0.3) is 0 Å². The molecule has 2 atom stereocenters. The van der Waals surface area contributed by atoms with Gasteiger partial charge in [-0.05, 0) is 29.9 Å². The van der Waals surface area contributed by atoms with E-state index in [0.29, 0.717) is 5.92 Å². The fourth-order valence-corrected chi connectivity index (χ4v) is 4.57. The maximum Gasteiger partial charge on any atom is 0.216 e. The van der Waals surface area contributed by atoms with Crippen LogP contribution in [0.2, 0.25) is 0 Å². The summed E-state index contributed by atoms with van der Waals surface area (Å²) in [6.45, 7) is 2.11. The van der Waals surface area contributed by atoms with Crippen LogP contribution in [0.15, 0.2) is 24.3 Å². The summed E-state index contributed by atoms with van der Waals surface area (Å²) in [6, 6.07) is 7.15. The van der Waals surface area contributed by atoms with Gasteiger partial charge >= 0.3 is 0 Å². The zero-order valence-corrected chi connectivity index (χ0v) is 13.4. The Kier molecular flexibility index (Phi) is 5.79. The molecule has 1 aliphatic rings. The molecule has 0 heterocycles. The van der Waals surface area contributed by atoms with Crippen molar-refractivity contribution in [2.45, 2.75) is 57.4 Å². The van der Waals surface area contributed by atoms with Crippen molar-refractivity contribution in [3.05, 3.63) is 35.4 Å². The van der Waals surface area contributed by atoms with Crippen LogP contribution in [0, 0.1) is 5.92 Å². The summed E-state index contributed by atoms with van der Waals surface area (Å²) in [4.78, 5) is 0. The standard InChI is InChI=1S/C16H25NO3S/c1-2-15-5-3-4-6-16(15)17-21(19,20)12-14-9-7-13(11-18)8-10-14/h7-10,15-18H,2-6,11-12H2,1H3. The molecule has 1 aromatic carbocycles. The molecule has 0 aromatic heterocycles. The number of aliphatic hydroxyl groups is 1. The van der Waals surface area contributed by atoms with Gasteiger partial charge in [0.25, 0.3) is 0 Å². The summed E-state index contributed by atoms with van der Waals surface area (Å²) in [7, 11) is -3.31. The maximum absolute atomic E-state index is 12.3. The van der Waals surface area contributed by atoms with E-state index in [1.165, 1.54) is 6.42 Å². The number of aliphatic hydroxyl groups excluding tert-OH is 1. The molecule has 4 nitrogen and oxygen atoms in total. The molecule has 2 unspecified atom stereocenters. The minimum atomic E-state index is -3.31. The molecule has 118 valence electrons. The van der Waals surface area contributed by atoms with Gasteiger partial charge in [-0.25, -0.2) is 13.1 Å². The summed E-state index contributed by atoms with van der Waals surface area (Å²) in [5.41, 5.74) is 1.55. The van der Waals surface area contributed by atoms with Gasteiger partial charge in [-0.1, -0.05) is 50.5 Å². The van der Waals surface area contributed by atoms with Crippen molar-refractivity contribution in [1.82, 2.24) is 4.72 Å². The highest BCUT2D eigenvalue weighted by atomic mass is 32.2. The normalized spacial score (nSPS) is 23.1. The Morgan fingerprint density at radius 3 is 2.38 bits per heavy atom. The second-order valence-electron chi connectivity index (χ2n) is 5.91. The largest absolute Gasteiger partial charge is 0.392 e. The molecule has 5 heteroatoms. The molecule has 1 saturated carbocycles. The molecule has 21 heavy (non-hydrogen) atoms. The summed E-state index contributed by atoms with van der Waals surface area (Å²) in [5, 5.41) is 9.00. The third-order valence-electron chi connectivity index (χ3n) is 4.33. The number of hydrogen-bond donors (Lipinski definition) is 2. The third kappa shape index (κ3) is 4.80. The number of nitrogens with one attached hydrogen (secondary N) is 1. The van der Waals surface area contributed by atoms with E-state index in [0.717, 1.165) is 36.8 Å². The van der Waals surface area contributed by atoms with Gasteiger partial charge < -0.3 is 5.11 Å². The average Bonchev–Trinajstić information content (AvgIpc) is 2.47. The van der Waals surface area contributed by atoms with E-state index in [-0.39, 0.29) is 18.4 Å². The van der Waals surface area contributed by atoms with E-state index in [1.54, 1.807) is 24.3 Å². The molecule has 1 aliphatic carbocycles. The van der Waals surface area contributed by atoms with Crippen molar-refractivity contribution in [3.63, 3.8) is 0 Å². The Hall–Kier alpha value is -0.910. The Morgan fingerprint density at radius 2 is 1.76 bits per heavy atom. The van der Waals surface area contributed by atoms with Crippen LogP contribution >= 0.6 is 0 Å². The van der Waals surface area contributed by atoms with E-state index < -0.39 is 10.0 Å². The minimum absolute atomic E-state index is 0.00560. The van der Waals surface area contributed by atoms with Crippen LogP contribution in [0.1, 0.15) is 50.2 Å². The predicted octanol–water partition coefficient (Wildman–Crippen LogP) is 2.57. The van der Waals surface area contributed by atoms with Gasteiger partial charge in [0.05, 0.1) is 12.4 Å². The lowest BCUT2D eigenvalue weighted by Crippen LogP contribution is -2.42. The minimum Gasteiger partial charge on any atom is -0.392 e. The van der Waals surface area contributed by atoms with Gasteiger partial charge in [0.2, 0.25) is 10.0 Å². The first-order valence-electron chi connectivity index (χ1n) is 7.72. The first kappa shape index (κ1) is 16.5. The second-order valence-corrected chi connectivity index (χ2v) is 7.66. The molecule has 0 saturated heterocycles. The summed E-state index contributed by atoms with van der Waals surface area (Å²) < 4.78 is 27.5. The molecule has 0 amide bonds. The van der Waals surface area contributed by atoms with Crippen LogP contribution < -0.4 is 4.72 Å². The van der Waals surface area contributed by atoms with Crippen LogP contribution in [0.4, 0.5) is 0 Å². The summed E-state index contributed by atoms with van der Waals surface area (Å²) >= 11 is 0. The van der Waals surface area contributed by atoms with Gasteiger partial charge in [0.1, 0.15) is 0 Å². The molecular weight excluding hydrogens is 286 g/mol. The zero-order valence-electron chi connectivity index (χ0n) is 12.6. The van der Waals surface area contributed by atoms with E-state index in [9.17, 15) is 8.42 Å². The Morgan fingerprint density at radius 1 is 1.14 bits per heavy atom. The molecule has 0 radical (unpaired) electrons. The van der Waals surface area contributed by atoms with Crippen molar-refractivity contribution < 1.29 is 13.5 Å². The van der Waals surface area contributed by atoms with Crippen molar-refractivity contribution in [1.29, 1.82) is 0 Å². The quantitative estimate of drug-likeness (QED) is 0.848. The fraction of sp³-hybridized carbons (Fsp3) is 0.625. The van der Waals surface area contributed by atoms with Gasteiger partial charge in [-0.3, -0.25) is 0 Å². The summed E-state index contributed by atoms with van der Waals surface area (Å²) in [6.07, 6.45) is 5.41. The van der Waals surface area contributed by atoms with E-state index in [4.69, 9.17) is 5.11 Å². The SMILES string of the molecule is CCC1CCCCC1NS(=O)(=O)Cc1ccc(CO)cc1. The van der Waals surface area contributed by atoms with E-state index in [1.807, 2.05) is 0 Å². The van der Waals surface area contributed by atoms with Gasteiger partial charge in [0.15, 0.2) is 0 Å². The third-order valence-corrected chi connectivity index (χ3v) is 5.70. The number of benzene rings is 1. The van der Waals surface area contributed by atoms with Crippen molar-refractivity contribution >= 4 is 10.0 Å². The summed E-state index contributed by atoms with van der Waals surface area (Å²) in [5.74, 6) is 0.469. The highest BCUT2D eigenvalue weighted by Crippen LogP contribution is 2.27. The maximum atomic E-state index is 12.3. The molecule has 2 rings (SSSR count). The molecule has 0 spiro atoms. The van der Waals surface area contributed by atoms with Crippen molar-refractivity contribution in [2.24, 2.45) is 5.92 Å². The molecular formula is C16H25NO3S. The van der Waals surface area contributed by atoms with E-state index in [2.05, 4.69) is 11.6 Å². The lowest BCUT2D eigenvalue weighted by atomic mass is 9.83. The molecule has 2 N–H and O–H groups in total. The Labute approximate surface area is 127 Å². The Balaban J connectivity index is 2.00. The lowest BCUT2D eigenvalue weighted by molar-refractivity contribution is 0.282. The number of rotatable bonds is 6. The molecule has 1 aromatic rings. The van der Waals surface area contributed by atoms with Gasteiger partial charge in [-0.2, -0.15) is 0 Å². The smallest absolute Gasteiger partial charge is 0.216 e. The van der Waals surface area contributed by atoms with E-state index >= 15 is 0 Å². The number of sulfonamides is 1. The zero-order chi connectivity index (χ0) is 15.3. The predicted molar refractivity (Wildman–Crippen MR) is 84.2 cm³/mol. The van der Waals surface area contributed by atoms with Crippen LogP contribution in [-0.2, 0) is 22.4 Å². The first-order chi connectivity index (χ1) is 10.0. The highest BCUT2D eigenvalue weighted by molar-refractivity contribution is 7.88. The fourth-order valence-electron chi connectivity index (χ4n) is 3.08. The van der Waals surface area contributed by atoms with Gasteiger partial charge in [-0.15, -0.1) is 0 Å².